The Kier molecular flexibility index (Phi) is 2.20. The first-order chi connectivity index (χ1) is 7.33. The first kappa shape index (κ1) is 9.27. The van der Waals surface area contributed by atoms with Gasteiger partial charge in [0, 0.05) is 10.3 Å². The molecule has 0 N–H and O–H groups in total. The molecule has 0 fully saturated rings. The largest absolute Gasteiger partial charge is 0.464 e. The van der Waals surface area contributed by atoms with Gasteiger partial charge in [-0.25, -0.2) is 0 Å². The molecule has 0 saturated heterocycles. The average Bonchev–Trinajstić information content (AvgIpc) is 2.84. The molecule has 2 aromatic heterocycles. The summed E-state index contributed by atoms with van der Waals surface area (Å²) in [4.78, 5) is 1.23. The molecule has 3 aromatic rings. The van der Waals surface area contributed by atoms with Crippen molar-refractivity contribution in [2.45, 2.75) is 0 Å². The fourth-order valence-corrected chi connectivity index (χ4v) is 3.89. The van der Waals surface area contributed by atoms with Gasteiger partial charge in [-0.3, -0.25) is 0 Å². The molecule has 2 heterocycles. The van der Waals surface area contributed by atoms with Crippen molar-refractivity contribution in [1.29, 1.82) is 0 Å². The van der Waals surface area contributed by atoms with Crippen LogP contribution in [0.3, 0.4) is 0 Å². The maximum Gasteiger partial charge on any atom is 0.133 e. The maximum atomic E-state index is 5.30. The van der Waals surface area contributed by atoms with Crippen LogP contribution in [0.5, 0.6) is 0 Å². The predicted molar refractivity (Wildman–Crippen MR) is 68.2 cm³/mol. The minimum atomic E-state index is 0.928. The van der Waals surface area contributed by atoms with E-state index in [9.17, 15) is 0 Å². The highest BCUT2D eigenvalue weighted by Gasteiger charge is 2.03. The molecule has 1 aromatic carbocycles. The van der Waals surface area contributed by atoms with Crippen molar-refractivity contribution >= 4 is 43.9 Å². The Balaban J connectivity index is 2.22. The normalized spacial score (nSPS) is 10.9. The van der Waals surface area contributed by atoms with Gasteiger partial charge in [0.05, 0.1) is 6.26 Å². The van der Waals surface area contributed by atoms with Crippen LogP contribution in [0, 0.1) is 3.82 Å². The summed E-state index contributed by atoms with van der Waals surface area (Å²) >= 11 is 5.12. The number of fused-ring (bicyclic) bond motifs is 1. The Morgan fingerprint density at radius 2 is 2.00 bits per heavy atom. The first-order valence-electron chi connectivity index (χ1n) is 4.41. The third-order valence-electron chi connectivity index (χ3n) is 2.20. The van der Waals surface area contributed by atoms with Crippen LogP contribution >= 0.6 is 32.9 Å². The molecule has 74 valence electrons. The lowest BCUT2D eigenvalue weighted by Crippen LogP contribution is -1.70. The molecule has 0 aliphatic carbocycles. The molecule has 0 spiro atoms. The quantitative estimate of drug-likeness (QED) is 0.447. The Hall–Kier alpha value is -0.970. The molecule has 15 heavy (non-hydrogen) atoms. The van der Waals surface area contributed by atoms with Crippen molar-refractivity contribution in [3.8, 4) is 10.4 Å². The van der Waals surface area contributed by atoms with E-state index >= 15 is 0 Å². The lowest BCUT2D eigenvalue weighted by Gasteiger charge is -1.95. The summed E-state index contributed by atoms with van der Waals surface area (Å²) in [5.41, 5.74) is 2.14. The molecular formula is C11H6OS3. The zero-order valence-electron chi connectivity index (χ0n) is 7.60. The number of furan rings is 1. The van der Waals surface area contributed by atoms with E-state index < -0.39 is 0 Å². The van der Waals surface area contributed by atoms with Gasteiger partial charge in [0.15, 0.2) is 0 Å². The summed E-state index contributed by atoms with van der Waals surface area (Å²) in [5.74, 6) is 0. The second kappa shape index (κ2) is 3.56. The second-order valence-corrected chi connectivity index (χ2v) is 6.08. The molecular weight excluding hydrogens is 244 g/mol. The highest BCUT2D eigenvalue weighted by molar-refractivity contribution is 7.80. The molecule has 4 heteroatoms. The van der Waals surface area contributed by atoms with Gasteiger partial charge in [-0.05, 0) is 35.9 Å². The zero-order valence-corrected chi connectivity index (χ0v) is 10.0. The highest BCUT2D eigenvalue weighted by Crippen LogP contribution is 2.31. The van der Waals surface area contributed by atoms with E-state index in [0.717, 1.165) is 14.8 Å². The Morgan fingerprint density at radius 3 is 2.80 bits per heavy atom. The fourth-order valence-electron chi connectivity index (χ4n) is 1.49. The molecule has 1 nitrogen and oxygen atoms in total. The van der Waals surface area contributed by atoms with E-state index in [1.165, 1.54) is 10.4 Å². The van der Waals surface area contributed by atoms with Gasteiger partial charge >= 0.3 is 0 Å². The Labute approximate surface area is 99.0 Å². The number of hydrogen-bond donors (Lipinski definition) is 0. The van der Waals surface area contributed by atoms with Crippen molar-refractivity contribution in [2.75, 3.05) is 0 Å². The van der Waals surface area contributed by atoms with Crippen molar-refractivity contribution in [3.63, 3.8) is 0 Å². The first-order valence-corrected chi connectivity index (χ1v) is 6.96. The highest BCUT2D eigenvalue weighted by atomic mass is 32.9. The van der Waals surface area contributed by atoms with Crippen molar-refractivity contribution in [3.05, 3.63) is 40.4 Å². The molecule has 0 bridgehead atoms. The van der Waals surface area contributed by atoms with E-state index in [-0.39, 0.29) is 0 Å². The van der Waals surface area contributed by atoms with Crippen LogP contribution in [0.15, 0.2) is 41.0 Å². The SMILES string of the molecule is S=c1cc(-c2ccc3occc3c2)ss1. The molecule has 0 radical (unpaired) electrons. The number of benzene rings is 1. The van der Waals surface area contributed by atoms with Gasteiger partial charge in [0.1, 0.15) is 9.41 Å². The zero-order chi connectivity index (χ0) is 10.3. The number of rotatable bonds is 1. The molecule has 0 amide bonds. The Bertz CT molecular complexity index is 659. The maximum absolute atomic E-state index is 5.30. The number of hydrogen-bond acceptors (Lipinski definition) is 4. The van der Waals surface area contributed by atoms with E-state index in [0.29, 0.717) is 0 Å². The van der Waals surface area contributed by atoms with Crippen molar-refractivity contribution in [2.24, 2.45) is 0 Å². The second-order valence-electron chi connectivity index (χ2n) is 3.17. The minimum Gasteiger partial charge on any atom is -0.464 e. The summed E-state index contributed by atoms with van der Waals surface area (Å²) in [6.07, 6.45) is 1.71. The lowest BCUT2D eigenvalue weighted by molar-refractivity contribution is 0.616. The monoisotopic (exact) mass is 250 g/mol. The van der Waals surface area contributed by atoms with Crippen LogP contribution in [0.1, 0.15) is 0 Å². The third kappa shape index (κ3) is 1.65. The fraction of sp³-hybridized carbons (Fsp3) is 0. The third-order valence-corrected chi connectivity index (χ3v) is 5.11. The van der Waals surface area contributed by atoms with E-state index in [2.05, 4.69) is 12.1 Å². The molecule has 0 saturated carbocycles. The van der Waals surface area contributed by atoms with Gasteiger partial charge < -0.3 is 4.42 Å². The molecule has 3 rings (SSSR count). The Morgan fingerprint density at radius 1 is 1.07 bits per heavy atom. The van der Waals surface area contributed by atoms with E-state index in [1.807, 2.05) is 18.2 Å². The summed E-state index contributed by atoms with van der Waals surface area (Å²) in [6, 6.07) is 10.2. The summed E-state index contributed by atoms with van der Waals surface area (Å²) in [6.45, 7) is 0. The average molecular weight is 250 g/mol. The van der Waals surface area contributed by atoms with Gasteiger partial charge in [-0.15, -0.1) is 0 Å². The lowest BCUT2D eigenvalue weighted by atomic mass is 10.1. The van der Waals surface area contributed by atoms with Gasteiger partial charge in [0.2, 0.25) is 0 Å². The van der Waals surface area contributed by atoms with Crippen LogP contribution in [-0.4, -0.2) is 0 Å². The van der Waals surface area contributed by atoms with Gasteiger partial charge in [0.25, 0.3) is 0 Å². The van der Waals surface area contributed by atoms with Crippen LogP contribution in [0.2, 0.25) is 0 Å². The summed E-state index contributed by atoms with van der Waals surface area (Å²) < 4.78 is 6.25. The van der Waals surface area contributed by atoms with Crippen LogP contribution in [-0.2, 0) is 0 Å². The molecule has 0 unspecified atom stereocenters. The van der Waals surface area contributed by atoms with Gasteiger partial charge in [-0.2, -0.15) is 0 Å². The summed E-state index contributed by atoms with van der Waals surface area (Å²) in [7, 11) is 3.36. The smallest absolute Gasteiger partial charge is 0.133 e. The van der Waals surface area contributed by atoms with E-state index in [4.69, 9.17) is 16.6 Å². The topological polar surface area (TPSA) is 13.1 Å². The molecule has 0 atom stereocenters. The predicted octanol–water partition coefficient (Wildman–Crippen LogP) is 4.95. The van der Waals surface area contributed by atoms with Crippen LogP contribution < -0.4 is 0 Å². The standard InChI is InChI=1S/C11H6OS3/c13-11-6-10(14-15-11)8-1-2-9-7(5-8)3-4-12-9/h1-6H. The molecule has 0 aliphatic rings. The molecule has 0 aliphatic heterocycles. The van der Waals surface area contributed by atoms with Crippen LogP contribution in [0.25, 0.3) is 21.4 Å². The van der Waals surface area contributed by atoms with Crippen molar-refractivity contribution < 1.29 is 4.42 Å². The van der Waals surface area contributed by atoms with Crippen molar-refractivity contribution in [1.82, 2.24) is 0 Å². The minimum absolute atomic E-state index is 0.928. The van der Waals surface area contributed by atoms with Crippen LogP contribution in [0.4, 0.5) is 0 Å². The van der Waals surface area contributed by atoms with E-state index in [1.54, 1.807) is 26.9 Å². The van der Waals surface area contributed by atoms with Gasteiger partial charge in [-0.1, -0.05) is 32.9 Å². The summed E-state index contributed by atoms with van der Waals surface area (Å²) in [5, 5.41) is 1.14.